The number of benzene rings is 2. The van der Waals surface area contributed by atoms with Crippen LogP contribution in [-0.4, -0.2) is 6.61 Å². The summed E-state index contributed by atoms with van der Waals surface area (Å²) in [6.07, 6.45) is 1.85. The standard InChI is InChI=1S/C21H23NO/c1-21(2,3)19-10-11-23-20-9-8-15(13-18(19)20)12-16-6-4-5-7-17(16)14-22/h4-9,13,19H,10-12H2,1-3H3. The summed E-state index contributed by atoms with van der Waals surface area (Å²) >= 11 is 0. The van der Waals surface area contributed by atoms with E-state index in [0.717, 1.165) is 36.3 Å². The molecule has 0 aromatic heterocycles. The van der Waals surface area contributed by atoms with E-state index in [1.54, 1.807) is 0 Å². The van der Waals surface area contributed by atoms with E-state index in [4.69, 9.17) is 4.74 Å². The third-order valence-corrected chi connectivity index (χ3v) is 4.69. The van der Waals surface area contributed by atoms with Gasteiger partial charge in [0.05, 0.1) is 18.2 Å². The first kappa shape index (κ1) is 15.6. The van der Waals surface area contributed by atoms with Crippen molar-refractivity contribution < 1.29 is 4.74 Å². The van der Waals surface area contributed by atoms with Crippen LogP contribution in [0.5, 0.6) is 5.75 Å². The van der Waals surface area contributed by atoms with Gasteiger partial charge in [-0.2, -0.15) is 5.26 Å². The summed E-state index contributed by atoms with van der Waals surface area (Å²) < 4.78 is 5.85. The molecule has 0 radical (unpaired) electrons. The fraction of sp³-hybridized carbons (Fsp3) is 0.381. The summed E-state index contributed by atoms with van der Waals surface area (Å²) in [6, 6.07) is 16.6. The lowest BCUT2D eigenvalue weighted by Gasteiger charge is -2.36. The molecule has 0 amide bonds. The van der Waals surface area contributed by atoms with E-state index in [0.29, 0.717) is 5.92 Å². The van der Waals surface area contributed by atoms with Gasteiger partial charge in [-0.05, 0) is 53.0 Å². The minimum Gasteiger partial charge on any atom is -0.493 e. The van der Waals surface area contributed by atoms with Gasteiger partial charge in [-0.15, -0.1) is 0 Å². The van der Waals surface area contributed by atoms with E-state index in [9.17, 15) is 5.26 Å². The zero-order chi connectivity index (χ0) is 16.4. The Morgan fingerprint density at radius 2 is 1.96 bits per heavy atom. The molecule has 2 nitrogen and oxygen atoms in total. The van der Waals surface area contributed by atoms with Crippen molar-refractivity contribution in [3.05, 3.63) is 64.7 Å². The fourth-order valence-corrected chi connectivity index (χ4v) is 3.46. The van der Waals surface area contributed by atoms with Crippen LogP contribution in [0.2, 0.25) is 0 Å². The predicted octanol–water partition coefficient (Wildman–Crippen LogP) is 5.06. The summed E-state index contributed by atoms with van der Waals surface area (Å²) in [5.74, 6) is 1.53. The molecule has 0 saturated carbocycles. The molecule has 0 spiro atoms. The van der Waals surface area contributed by atoms with Crippen LogP contribution in [0.15, 0.2) is 42.5 Å². The highest BCUT2D eigenvalue weighted by Gasteiger charge is 2.31. The fourth-order valence-electron chi connectivity index (χ4n) is 3.46. The molecule has 2 aromatic rings. The zero-order valence-corrected chi connectivity index (χ0v) is 14.1. The van der Waals surface area contributed by atoms with E-state index in [1.807, 2.05) is 24.3 Å². The summed E-state index contributed by atoms with van der Waals surface area (Å²) in [5.41, 5.74) is 4.62. The highest BCUT2D eigenvalue weighted by Crippen LogP contribution is 2.44. The molecule has 1 unspecified atom stereocenters. The van der Waals surface area contributed by atoms with Crippen LogP contribution in [0, 0.1) is 16.7 Å². The molecule has 23 heavy (non-hydrogen) atoms. The molecule has 2 aromatic carbocycles. The average Bonchev–Trinajstić information content (AvgIpc) is 2.54. The van der Waals surface area contributed by atoms with Gasteiger partial charge in [0.2, 0.25) is 0 Å². The zero-order valence-electron chi connectivity index (χ0n) is 14.1. The smallest absolute Gasteiger partial charge is 0.122 e. The Labute approximate surface area is 138 Å². The Bertz CT molecular complexity index is 749. The van der Waals surface area contributed by atoms with Gasteiger partial charge < -0.3 is 4.74 Å². The Balaban J connectivity index is 1.96. The van der Waals surface area contributed by atoms with E-state index in [2.05, 4.69) is 45.0 Å². The molecule has 0 bridgehead atoms. The highest BCUT2D eigenvalue weighted by molar-refractivity contribution is 5.45. The first-order chi connectivity index (χ1) is 11.0. The minimum atomic E-state index is 0.224. The van der Waals surface area contributed by atoms with Crippen LogP contribution in [0.3, 0.4) is 0 Å². The molecule has 1 heterocycles. The Morgan fingerprint density at radius 1 is 1.17 bits per heavy atom. The molecule has 2 heteroatoms. The molecule has 1 aliphatic heterocycles. The second kappa shape index (κ2) is 6.08. The summed E-state index contributed by atoms with van der Waals surface area (Å²) in [7, 11) is 0. The van der Waals surface area contributed by atoms with Crippen LogP contribution in [0.1, 0.15) is 55.4 Å². The van der Waals surface area contributed by atoms with Gasteiger partial charge in [0.15, 0.2) is 0 Å². The van der Waals surface area contributed by atoms with Crippen LogP contribution in [-0.2, 0) is 6.42 Å². The SMILES string of the molecule is CC(C)(C)C1CCOc2ccc(Cc3ccccc3C#N)cc21. The number of nitriles is 1. The molecule has 0 saturated heterocycles. The molecule has 3 rings (SSSR count). The van der Waals surface area contributed by atoms with Crippen molar-refractivity contribution in [2.45, 2.75) is 39.5 Å². The van der Waals surface area contributed by atoms with Crippen molar-refractivity contribution in [1.82, 2.24) is 0 Å². The van der Waals surface area contributed by atoms with Gasteiger partial charge >= 0.3 is 0 Å². The van der Waals surface area contributed by atoms with Gasteiger partial charge in [0.1, 0.15) is 5.75 Å². The summed E-state index contributed by atoms with van der Waals surface area (Å²) in [6.45, 7) is 7.69. The lowest BCUT2D eigenvalue weighted by atomic mass is 9.73. The lowest BCUT2D eigenvalue weighted by molar-refractivity contribution is 0.204. The van der Waals surface area contributed by atoms with Crippen molar-refractivity contribution in [2.75, 3.05) is 6.61 Å². The molecule has 118 valence electrons. The Hall–Kier alpha value is -2.27. The van der Waals surface area contributed by atoms with Gasteiger partial charge in [0.25, 0.3) is 0 Å². The van der Waals surface area contributed by atoms with Crippen molar-refractivity contribution in [2.24, 2.45) is 5.41 Å². The quantitative estimate of drug-likeness (QED) is 0.776. The maximum Gasteiger partial charge on any atom is 0.122 e. The third kappa shape index (κ3) is 3.24. The Morgan fingerprint density at radius 3 is 2.70 bits per heavy atom. The maximum atomic E-state index is 9.27. The van der Waals surface area contributed by atoms with Crippen molar-refractivity contribution in [3.8, 4) is 11.8 Å². The van der Waals surface area contributed by atoms with Crippen LogP contribution >= 0.6 is 0 Å². The second-order valence-corrected chi connectivity index (χ2v) is 7.37. The van der Waals surface area contributed by atoms with Gasteiger partial charge in [-0.25, -0.2) is 0 Å². The van der Waals surface area contributed by atoms with Crippen molar-refractivity contribution >= 4 is 0 Å². The van der Waals surface area contributed by atoms with E-state index >= 15 is 0 Å². The predicted molar refractivity (Wildman–Crippen MR) is 92.7 cm³/mol. The molecule has 1 aliphatic rings. The second-order valence-electron chi connectivity index (χ2n) is 7.37. The van der Waals surface area contributed by atoms with Crippen molar-refractivity contribution in [1.29, 1.82) is 5.26 Å². The first-order valence-corrected chi connectivity index (χ1v) is 8.22. The number of ether oxygens (including phenoxy) is 1. The molecule has 0 fully saturated rings. The number of hydrogen-bond acceptors (Lipinski definition) is 2. The third-order valence-electron chi connectivity index (χ3n) is 4.69. The maximum absolute atomic E-state index is 9.27. The number of hydrogen-bond donors (Lipinski definition) is 0. The first-order valence-electron chi connectivity index (χ1n) is 8.22. The molecular formula is C21H23NO. The van der Waals surface area contributed by atoms with E-state index < -0.39 is 0 Å². The molecule has 1 atom stereocenters. The molecular weight excluding hydrogens is 282 g/mol. The van der Waals surface area contributed by atoms with Gasteiger partial charge in [0, 0.05) is 0 Å². The minimum absolute atomic E-state index is 0.224. The van der Waals surface area contributed by atoms with E-state index in [1.165, 1.54) is 11.1 Å². The topological polar surface area (TPSA) is 33.0 Å². The highest BCUT2D eigenvalue weighted by atomic mass is 16.5. The summed E-state index contributed by atoms with van der Waals surface area (Å²) in [4.78, 5) is 0. The number of nitrogens with zero attached hydrogens (tertiary/aromatic N) is 1. The van der Waals surface area contributed by atoms with Crippen LogP contribution < -0.4 is 4.74 Å². The van der Waals surface area contributed by atoms with Gasteiger partial charge in [-0.1, -0.05) is 51.1 Å². The van der Waals surface area contributed by atoms with E-state index in [-0.39, 0.29) is 5.41 Å². The summed E-state index contributed by atoms with van der Waals surface area (Å²) in [5, 5.41) is 9.27. The normalized spacial score (nSPS) is 17.0. The number of fused-ring (bicyclic) bond motifs is 1. The Kier molecular flexibility index (Phi) is 4.13. The van der Waals surface area contributed by atoms with Crippen LogP contribution in [0.4, 0.5) is 0 Å². The van der Waals surface area contributed by atoms with Crippen LogP contribution in [0.25, 0.3) is 0 Å². The lowest BCUT2D eigenvalue weighted by Crippen LogP contribution is -2.25. The monoisotopic (exact) mass is 305 g/mol. The largest absolute Gasteiger partial charge is 0.493 e. The van der Waals surface area contributed by atoms with Crippen molar-refractivity contribution in [3.63, 3.8) is 0 Å². The molecule has 0 N–H and O–H groups in total. The number of rotatable bonds is 2. The van der Waals surface area contributed by atoms with Gasteiger partial charge in [-0.3, -0.25) is 0 Å². The molecule has 0 aliphatic carbocycles. The average molecular weight is 305 g/mol.